The van der Waals surface area contributed by atoms with Crippen LogP contribution in [0, 0.1) is 53.3 Å². The third-order valence-electron chi connectivity index (χ3n) is 15.0. The Labute approximate surface area is 269 Å². The van der Waals surface area contributed by atoms with E-state index in [-0.39, 0.29) is 10.8 Å². The third kappa shape index (κ3) is 5.23. The Kier molecular flexibility index (Phi) is 8.04. The highest BCUT2D eigenvalue weighted by Gasteiger charge is 2.61. The lowest BCUT2D eigenvalue weighted by molar-refractivity contribution is 0.123. The molecule has 1 heteroatoms. The molecule has 0 amide bonds. The highest BCUT2D eigenvalue weighted by atomic mass is 32.3. The van der Waals surface area contributed by atoms with Crippen molar-refractivity contribution < 1.29 is 0 Å². The van der Waals surface area contributed by atoms with Crippen LogP contribution in [-0.2, 0) is 10.8 Å². The van der Waals surface area contributed by atoms with Crippen LogP contribution in [-0.4, -0.2) is 23.0 Å². The van der Waals surface area contributed by atoms with Crippen LogP contribution in [0.25, 0.3) is 0 Å². The molecule has 1 aromatic rings. The Bertz CT molecular complexity index is 1110. The Morgan fingerprint density at radius 1 is 0.535 bits per heavy atom. The van der Waals surface area contributed by atoms with Gasteiger partial charge in [-0.3, -0.25) is 0 Å². The summed E-state index contributed by atoms with van der Waals surface area (Å²) in [5.41, 5.74) is 5.32. The van der Waals surface area contributed by atoms with E-state index >= 15 is 0 Å². The molecular formula is C42H68S. The lowest BCUT2D eigenvalue weighted by Gasteiger charge is -2.55. The number of benzene rings is 1. The summed E-state index contributed by atoms with van der Waals surface area (Å²) in [5, 5.41) is 2.08. The van der Waals surface area contributed by atoms with Crippen molar-refractivity contribution in [1.29, 1.82) is 0 Å². The Morgan fingerprint density at radius 3 is 1.58 bits per heavy atom. The molecule has 242 valence electrons. The summed E-state index contributed by atoms with van der Waals surface area (Å²) < 4.78 is 0. The number of rotatable bonds is 3. The van der Waals surface area contributed by atoms with Gasteiger partial charge >= 0.3 is 0 Å². The second-order valence-corrected chi connectivity index (χ2v) is 23.7. The molecule has 0 nitrogen and oxygen atoms in total. The second kappa shape index (κ2) is 11.1. The molecule has 43 heavy (non-hydrogen) atoms. The van der Waals surface area contributed by atoms with Crippen LogP contribution in [0.3, 0.4) is 0 Å². The van der Waals surface area contributed by atoms with E-state index in [1.54, 1.807) is 48.8 Å². The van der Waals surface area contributed by atoms with Gasteiger partial charge in [0.15, 0.2) is 0 Å². The summed E-state index contributed by atoms with van der Waals surface area (Å²) in [6.45, 7) is 17.4. The second-order valence-electron chi connectivity index (χ2n) is 19.6. The van der Waals surface area contributed by atoms with Gasteiger partial charge in [0.05, 0.1) is 0 Å². The Morgan fingerprint density at radius 2 is 1.05 bits per heavy atom. The van der Waals surface area contributed by atoms with Crippen molar-refractivity contribution in [3.63, 3.8) is 0 Å². The van der Waals surface area contributed by atoms with E-state index in [9.17, 15) is 0 Å². The minimum Gasteiger partial charge on any atom is -0.240 e. The minimum atomic E-state index is -0.696. The molecule has 6 aliphatic rings. The minimum absolute atomic E-state index is 0.201. The summed E-state index contributed by atoms with van der Waals surface area (Å²) in [5.74, 6) is 9.87. The van der Waals surface area contributed by atoms with Crippen LogP contribution in [0.5, 0.6) is 0 Å². The van der Waals surface area contributed by atoms with Gasteiger partial charge in [0.25, 0.3) is 0 Å². The SMILES string of the molecule is CC1CC2C(CC3CCCC3C2c2cc(C(C)(C)C)cc(C(C)(C)C)c2)C1S(C)(C)C1C2CCCCC2C2CCCCC21. The van der Waals surface area contributed by atoms with E-state index in [1.807, 2.05) is 0 Å². The van der Waals surface area contributed by atoms with Crippen LogP contribution in [0.1, 0.15) is 155 Å². The van der Waals surface area contributed by atoms with Crippen molar-refractivity contribution in [1.82, 2.24) is 0 Å². The van der Waals surface area contributed by atoms with Gasteiger partial charge in [0.1, 0.15) is 0 Å². The molecule has 11 unspecified atom stereocenters. The average Bonchev–Trinajstić information content (AvgIpc) is 3.63. The first-order valence-corrected chi connectivity index (χ1v) is 21.7. The number of fused-ring (bicyclic) bond motifs is 5. The Balaban J connectivity index is 1.28. The molecule has 0 radical (unpaired) electrons. The number of hydrogen-bond acceptors (Lipinski definition) is 0. The quantitative estimate of drug-likeness (QED) is 0.322. The normalized spacial score (nSPS) is 43.6. The predicted molar refractivity (Wildman–Crippen MR) is 191 cm³/mol. The van der Waals surface area contributed by atoms with Crippen LogP contribution < -0.4 is 0 Å². The van der Waals surface area contributed by atoms with Gasteiger partial charge in [0.2, 0.25) is 0 Å². The van der Waals surface area contributed by atoms with Crippen molar-refractivity contribution in [3.05, 3.63) is 34.9 Å². The molecule has 0 bridgehead atoms. The van der Waals surface area contributed by atoms with Gasteiger partial charge in [-0.05, 0) is 155 Å². The molecular weight excluding hydrogens is 537 g/mol. The van der Waals surface area contributed by atoms with E-state index in [0.717, 1.165) is 69.7 Å². The fraction of sp³-hybridized carbons (Fsp3) is 0.857. The standard InChI is InChI=1S/C42H68S/c1-26-21-36-37(39(26)43(8,9)40-34-18-12-10-16-32(34)33-17-11-13-19-35(33)40)24-27-15-14-20-31(27)38(36)28-22-29(41(2,3)4)25-30(23-28)42(5,6)7/h22-23,25-27,31-40H,10-21,24H2,1-9H3. The molecule has 0 saturated heterocycles. The average molecular weight is 605 g/mol. The molecule has 0 aromatic heterocycles. The molecule has 6 fully saturated rings. The third-order valence-corrected chi connectivity index (χ3v) is 19.3. The smallest absolute Gasteiger partial charge is 0.00519 e. The summed E-state index contributed by atoms with van der Waals surface area (Å²) in [4.78, 5) is 0. The first kappa shape index (κ1) is 31.2. The first-order chi connectivity index (χ1) is 20.3. The zero-order chi connectivity index (χ0) is 30.5. The van der Waals surface area contributed by atoms with Crippen molar-refractivity contribution in [3.8, 4) is 0 Å². The maximum atomic E-state index is 2.93. The zero-order valence-electron chi connectivity index (χ0n) is 29.8. The van der Waals surface area contributed by atoms with Gasteiger partial charge in [-0.15, -0.1) is 0 Å². The highest BCUT2D eigenvalue weighted by Crippen LogP contribution is 2.73. The fourth-order valence-electron chi connectivity index (χ4n) is 13.5. The van der Waals surface area contributed by atoms with Crippen molar-refractivity contribution in [2.75, 3.05) is 12.5 Å². The monoisotopic (exact) mass is 605 g/mol. The maximum Gasteiger partial charge on any atom is -0.00519 e. The van der Waals surface area contributed by atoms with Crippen LogP contribution in [0.4, 0.5) is 0 Å². The molecule has 0 N–H and O–H groups in total. The lowest BCUT2D eigenvalue weighted by Crippen LogP contribution is -2.43. The molecule has 6 saturated carbocycles. The first-order valence-electron chi connectivity index (χ1n) is 19.1. The van der Waals surface area contributed by atoms with E-state index in [4.69, 9.17) is 0 Å². The molecule has 11 atom stereocenters. The van der Waals surface area contributed by atoms with Gasteiger partial charge in [-0.25, -0.2) is 10.0 Å². The molecule has 6 aliphatic carbocycles. The maximum absolute atomic E-state index is 2.93. The topological polar surface area (TPSA) is 0 Å². The van der Waals surface area contributed by atoms with Gasteiger partial charge in [-0.2, -0.15) is 0 Å². The largest absolute Gasteiger partial charge is 0.240 e. The molecule has 0 spiro atoms. The van der Waals surface area contributed by atoms with E-state index < -0.39 is 10.0 Å². The van der Waals surface area contributed by atoms with E-state index in [1.165, 1.54) is 51.4 Å². The number of hydrogen-bond donors (Lipinski definition) is 0. The fourth-order valence-corrected chi connectivity index (χ4v) is 18.9. The van der Waals surface area contributed by atoms with Crippen molar-refractivity contribution in [2.24, 2.45) is 53.3 Å². The summed E-state index contributed by atoms with van der Waals surface area (Å²) in [6, 6.07) is 8.03. The summed E-state index contributed by atoms with van der Waals surface area (Å²) in [7, 11) is -0.696. The summed E-state index contributed by atoms with van der Waals surface area (Å²) >= 11 is 0. The summed E-state index contributed by atoms with van der Waals surface area (Å²) in [6.07, 6.45) is 25.9. The van der Waals surface area contributed by atoms with Gasteiger partial charge < -0.3 is 0 Å². The van der Waals surface area contributed by atoms with Crippen LogP contribution in [0.2, 0.25) is 0 Å². The van der Waals surface area contributed by atoms with Crippen molar-refractivity contribution in [2.45, 2.75) is 159 Å². The van der Waals surface area contributed by atoms with Gasteiger partial charge in [0, 0.05) is 0 Å². The van der Waals surface area contributed by atoms with E-state index in [0.29, 0.717) is 0 Å². The molecule has 0 aliphatic heterocycles. The molecule has 0 heterocycles. The zero-order valence-corrected chi connectivity index (χ0v) is 30.6. The highest BCUT2D eigenvalue weighted by molar-refractivity contribution is 8.33. The predicted octanol–water partition coefficient (Wildman–Crippen LogP) is 11.9. The van der Waals surface area contributed by atoms with Crippen molar-refractivity contribution >= 4 is 10.0 Å². The Hall–Kier alpha value is -0.430. The van der Waals surface area contributed by atoms with Crippen LogP contribution >= 0.6 is 10.0 Å². The lowest BCUT2D eigenvalue weighted by atomic mass is 9.61. The van der Waals surface area contributed by atoms with E-state index in [2.05, 4.69) is 79.2 Å². The van der Waals surface area contributed by atoms with Crippen LogP contribution in [0.15, 0.2) is 18.2 Å². The van der Waals surface area contributed by atoms with Gasteiger partial charge in [-0.1, -0.05) is 105 Å². The molecule has 7 rings (SSSR count). The molecule has 1 aromatic carbocycles.